The van der Waals surface area contributed by atoms with Crippen LogP contribution in [0.1, 0.15) is 87.7 Å². The molecule has 2 aliphatic heterocycles. The fourth-order valence-electron chi connectivity index (χ4n) is 7.09. The highest BCUT2D eigenvalue weighted by Gasteiger charge is 2.43. The zero-order chi connectivity index (χ0) is 30.7. The number of benzene rings is 2. The van der Waals surface area contributed by atoms with E-state index in [1.54, 1.807) is 24.0 Å². The highest BCUT2D eigenvalue weighted by Crippen LogP contribution is 2.37. The highest BCUT2D eigenvalue weighted by atomic mass is 19.1. The number of hydrogen-bond acceptors (Lipinski definition) is 3. The van der Waals surface area contributed by atoms with Crippen LogP contribution in [0.3, 0.4) is 0 Å². The number of nitrogens with one attached hydrogen (secondary N) is 1. The topological polar surface area (TPSA) is 52.7 Å². The van der Waals surface area contributed by atoms with E-state index in [1.165, 1.54) is 30.9 Å². The molecule has 2 heterocycles. The summed E-state index contributed by atoms with van der Waals surface area (Å²) in [4.78, 5) is 32.4. The fourth-order valence-corrected chi connectivity index (χ4v) is 7.09. The minimum atomic E-state index is -0.508. The van der Waals surface area contributed by atoms with E-state index in [-0.39, 0.29) is 34.8 Å². The summed E-state index contributed by atoms with van der Waals surface area (Å²) in [6, 6.07) is 13.0. The van der Waals surface area contributed by atoms with Crippen LogP contribution in [0.5, 0.6) is 0 Å². The molecule has 3 unspecified atom stereocenters. The second kappa shape index (κ2) is 13.2. The number of rotatable bonds is 6. The van der Waals surface area contributed by atoms with Gasteiger partial charge in [0.15, 0.2) is 0 Å². The number of carbonyl (C=O) groups is 2. The van der Waals surface area contributed by atoms with Gasteiger partial charge in [0.05, 0.1) is 17.5 Å². The van der Waals surface area contributed by atoms with Crippen molar-refractivity contribution in [3.63, 3.8) is 0 Å². The number of likely N-dealkylation sites (tertiary alicyclic amines) is 2. The molecule has 1 aliphatic carbocycles. The second-order valence-electron chi connectivity index (χ2n) is 13.8. The van der Waals surface area contributed by atoms with Crippen LogP contribution in [0.25, 0.3) is 0 Å². The Morgan fingerprint density at radius 2 is 1.81 bits per heavy atom. The molecule has 2 aromatic carbocycles. The number of carbonyl (C=O) groups excluding carboxylic acids is 2. The predicted octanol–water partition coefficient (Wildman–Crippen LogP) is 7.67. The maximum absolute atomic E-state index is 15.1. The zero-order valence-corrected chi connectivity index (χ0v) is 26.5. The lowest BCUT2D eigenvalue weighted by molar-refractivity contribution is -0.123. The standard InChI is InChI=1S/C37H48FN3O2/c1-25-11-8-16-32(38)33(25)36(43)41-22-10-15-31(35(42)39-30-14-9-13-29(23-30)37(3,4)5)34(41)28-19-17-27(18-20-28)24-40-21-7-6-12-26(40)2/h8-9,11,13-14,16-19,23,26,28,31,34H,6-7,10,12,15,20-22,24H2,1-5H3,(H,39,42)/t26?,28?,31?,34-/m0/s1. The molecular formula is C37H48FN3O2. The first kappa shape index (κ1) is 31.2. The molecule has 5 rings (SSSR count). The number of nitrogens with zero attached hydrogens (tertiary/aromatic N) is 2. The van der Waals surface area contributed by atoms with E-state index in [0.717, 1.165) is 30.8 Å². The van der Waals surface area contributed by atoms with Gasteiger partial charge in [-0.05, 0) is 92.8 Å². The van der Waals surface area contributed by atoms with Crippen LogP contribution in [0.4, 0.5) is 10.1 Å². The summed E-state index contributed by atoms with van der Waals surface area (Å²) in [5, 5.41) is 3.19. The summed E-state index contributed by atoms with van der Waals surface area (Å²) < 4.78 is 15.1. The Morgan fingerprint density at radius 1 is 1.02 bits per heavy atom. The first-order valence-electron chi connectivity index (χ1n) is 16.1. The summed E-state index contributed by atoms with van der Waals surface area (Å²) in [6.07, 6.45) is 12.6. The Hall–Kier alpha value is -3.25. The van der Waals surface area contributed by atoms with E-state index in [9.17, 15) is 9.59 Å². The van der Waals surface area contributed by atoms with Crippen LogP contribution in [0.15, 0.2) is 66.3 Å². The minimum Gasteiger partial charge on any atom is -0.334 e. The molecule has 5 nitrogen and oxygen atoms in total. The molecule has 2 aromatic rings. The number of aryl methyl sites for hydroxylation is 1. The maximum atomic E-state index is 15.1. The molecule has 0 radical (unpaired) electrons. The molecule has 2 saturated heterocycles. The van der Waals surface area contributed by atoms with Gasteiger partial charge in [-0.15, -0.1) is 0 Å². The predicted molar refractivity (Wildman–Crippen MR) is 173 cm³/mol. The van der Waals surface area contributed by atoms with Crippen molar-refractivity contribution in [2.75, 3.05) is 25.0 Å². The van der Waals surface area contributed by atoms with Gasteiger partial charge in [0.1, 0.15) is 5.82 Å². The number of allylic oxidation sites excluding steroid dienone is 1. The van der Waals surface area contributed by atoms with Crippen molar-refractivity contribution >= 4 is 17.5 Å². The molecule has 0 bridgehead atoms. The maximum Gasteiger partial charge on any atom is 0.257 e. The van der Waals surface area contributed by atoms with Gasteiger partial charge in [0.25, 0.3) is 5.91 Å². The summed E-state index contributed by atoms with van der Waals surface area (Å²) in [5.41, 5.74) is 3.89. The molecule has 2 amide bonds. The van der Waals surface area contributed by atoms with Gasteiger partial charge in [-0.2, -0.15) is 0 Å². The molecule has 0 aromatic heterocycles. The first-order valence-corrected chi connectivity index (χ1v) is 16.1. The first-order chi connectivity index (χ1) is 20.5. The van der Waals surface area contributed by atoms with E-state index in [4.69, 9.17) is 0 Å². The van der Waals surface area contributed by atoms with Crippen molar-refractivity contribution in [2.45, 2.75) is 90.6 Å². The summed E-state index contributed by atoms with van der Waals surface area (Å²) in [6.45, 7) is 13.1. The average Bonchev–Trinajstić information content (AvgIpc) is 2.98. The van der Waals surface area contributed by atoms with E-state index >= 15 is 4.39 Å². The molecule has 3 aliphatic rings. The van der Waals surface area contributed by atoms with Gasteiger partial charge in [-0.1, -0.05) is 69.7 Å². The van der Waals surface area contributed by atoms with Crippen molar-refractivity contribution in [1.29, 1.82) is 0 Å². The lowest BCUT2D eigenvalue weighted by Gasteiger charge is -2.44. The normalized spacial score (nSPS) is 24.9. The van der Waals surface area contributed by atoms with Crippen molar-refractivity contribution < 1.29 is 14.0 Å². The van der Waals surface area contributed by atoms with Crippen LogP contribution in [0.2, 0.25) is 0 Å². The van der Waals surface area contributed by atoms with E-state index in [1.807, 2.05) is 18.2 Å². The monoisotopic (exact) mass is 585 g/mol. The van der Waals surface area contributed by atoms with Crippen LogP contribution < -0.4 is 5.32 Å². The Labute approximate surface area is 257 Å². The Balaban J connectivity index is 1.42. The van der Waals surface area contributed by atoms with Gasteiger partial charge >= 0.3 is 0 Å². The van der Waals surface area contributed by atoms with Crippen molar-refractivity contribution in [3.05, 3.63) is 88.8 Å². The minimum absolute atomic E-state index is 0.0319. The largest absolute Gasteiger partial charge is 0.334 e. The van der Waals surface area contributed by atoms with E-state index in [0.29, 0.717) is 31.0 Å². The van der Waals surface area contributed by atoms with Crippen molar-refractivity contribution in [2.24, 2.45) is 11.8 Å². The van der Waals surface area contributed by atoms with Gasteiger partial charge in [-0.25, -0.2) is 4.39 Å². The third kappa shape index (κ3) is 7.12. The molecular weight excluding hydrogens is 537 g/mol. The van der Waals surface area contributed by atoms with Gasteiger partial charge < -0.3 is 10.2 Å². The third-order valence-corrected chi connectivity index (χ3v) is 9.69. The van der Waals surface area contributed by atoms with Crippen molar-refractivity contribution in [1.82, 2.24) is 9.80 Å². The molecule has 230 valence electrons. The average molecular weight is 586 g/mol. The number of piperidine rings is 2. The lowest BCUT2D eigenvalue weighted by Crippen LogP contribution is -2.55. The molecule has 4 atom stereocenters. The van der Waals surface area contributed by atoms with Crippen LogP contribution in [0, 0.1) is 24.6 Å². The van der Waals surface area contributed by atoms with Crippen LogP contribution in [-0.2, 0) is 10.2 Å². The van der Waals surface area contributed by atoms with Gasteiger partial charge in [0.2, 0.25) is 5.91 Å². The summed E-state index contributed by atoms with van der Waals surface area (Å²) >= 11 is 0. The lowest BCUT2D eigenvalue weighted by atomic mass is 9.77. The molecule has 2 fully saturated rings. The molecule has 0 saturated carbocycles. The van der Waals surface area contributed by atoms with Crippen LogP contribution in [-0.4, -0.2) is 53.3 Å². The Kier molecular flexibility index (Phi) is 9.55. The highest BCUT2D eigenvalue weighted by molar-refractivity contribution is 5.98. The summed E-state index contributed by atoms with van der Waals surface area (Å²) in [7, 11) is 0. The molecule has 0 spiro atoms. The summed E-state index contributed by atoms with van der Waals surface area (Å²) in [5.74, 6) is -1.35. The van der Waals surface area contributed by atoms with Gasteiger partial charge in [0, 0.05) is 30.7 Å². The molecule has 6 heteroatoms. The second-order valence-corrected chi connectivity index (χ2v) is 13.8. The SMILES string of the molecule is Cc1cccc(F)c1C(=O)N1CCCC(C(=O)Nc2cccc(C(C)(C)C)c2)[C@@H]1C1C=CC(CN2CCCCC2C)=CC1. The number of amides is 2. The number of anilines is 1. The third-order valence-electron chi connectivity index (χ3n) is 9.69. The molecule has 1 N–H and O–H groups in total. The number of halogens is 1. The zero-order valence-electron chi connectivity index (χ0n) is 26.5. The van der Waals surface area contributed by atoms with Crippen molar-refractivity contribution in [3.8, 4) is 0 Å². The Morgan fingerprint density at radius 3 is 2.51 bits per heavy atom. The van der Waals surface area contributed by atoms with E-state index < -0.39 is 11.7 Å². The quantitative estimate of drug-likeness (QED) is 0.379. The van der Waals surface area contributed by atoms with E-state index in [2.05, 4.69) is 62.2 Å². The fraction of sp³-hybridized carbons (Fsp3) is 0.514. The van der Waals surface area contributed by atoms with Crippen LogP contribution >= 0.6 is 0 Å². The smallest absolute Gasteiger partial charge is 0.257 e. The number of hydrogen-bond donors (Lipinski definition) is 1. The molecule has 43 heavy (non-hydrogen) atoms. The van der Waals surface area contributed by atoms with Gasteiger partial charge in [-0.3, -0.25) is 14.5 Å². The Bertz CT molecular complexity index is 1370.